The topological polar surface area (TPSA) is 66.5 Å². The van der Waals surface area contributed by atoms with Crippen molar-refractivity contribution >= 4 is 27.5 Å². The van der Waals surface area contributed by atoms with Crippen molar-refractivity contribution < 1.29 is 13.2 Å². The standard InChI is InChI=1S/C20H23ClN2O3S/c1-23(14-15-6-4-8-17(21)12-15)20(24)16-7-5-11-19(13-16)27(25,26)22-18-9-2-3-10-18/h4-8,11-13,18,22H,2-3,9-10,14H2,1H3. The molecule has 0 aromatic heterocycles. The SMILES string of the molecule is CN(Cc1cccc(Cl)c1)C(=O)c1cccc(S(=O)(=O)NC2CCCC2)c1. The molecular weight excluding hydrogens is 384 g/mol. The van der Waals surface area contributed by atoms with E-state index >= 15 is 0 Å². The molecule has 0 atom stereocenters. The molecule has 1 aliphatic carbocycles. The van der Waals surface area contributed by atoms with Crippen molar-refractivity contribution in [3.05, 3.63) is 64.7 Å². The fraction of sp³-hybridized carbons (Fsp3) is 0.350. The predicted molar refractivity (Wildman–Crippen MR) is 106 cm³/mol. The molecule has 0 aliphatic heterocycles. The lowest BCUT2D eigenvalue weighted by Crippen LogP contribution is -2.33. The van der Waals surface area contributed by atoms with Gasteiger partial charge in [-0.2, -0.15) is 0 Å². The molecule has 0 unspecified atom stereocenters. The molecule has 1 aliphatic rings. The highest BCUT2D eigenvalue weighted by Gasteiger charge is 2.24. The Balaban J connectivity index is 1.74. The Hall–Kier alpha value is -1.89. The van der Waals surface area contributed by atoms with E-state index in [9.17, 15) is 13.2 Å². The molecule has 1 fully saturated rings. The van der Waals surface area contributed by atoms with Crippen LogP contribution in [-0.2, 0) is 16.6 Å². The molecule has 0 saturated heterocycles. The minimum atomic E-state index is -3.63. The molecule has 0 heterocycles. The Labute approximate surface area is 165 Å². The Kier molecular flexibility index (Phi) is 6.19. The van der Waals surface area contributed by atoms with Gasteiger partial charge in [0.05, 0.1) is 4.90 Å². The van der Waals surface area contributed by atoms with Crippen molar-refractivity contribution in [1.29, 1.82) is 0 Å². The van der Waals surface area contributed by atoms with Gasteiger partial charge in [-0.15, -0.1) is 0 Å². The Morgan fingerprint density at radius 1 is 1.15 bits per heavy atom. The average Bonchev–Trinajstić information content (AvgIpc) is 3.13. The highest BCUT2D eigenvalue weighted by atomic mass is 35.5. The number of carbonyl (C=O) groups is 1. The second-order valence-corrected chi connectivity index (χ2v) is 9.07. The molecule has 2 aromatic carbocycles. The molecular formula is C20H23ClN2O3S. The maximum atomic E-state index is 12.7. The third-order valence-corrected chi connectivity index (χ3v) is 6.48. The van der Waals surface area contributed by atoms with Gasteiger partial charge in [-0.05, 0) is 48.7 Å². The first-order chi connectivity index (χ1) is 12.8. The van der Waals surface area contributed by atoms with E-state index in [1.54, 1.807) is 36.2 Å². The van der Waals surface area contributed by atoms with Crippen LogP contribution in [0.2, 0.25) is 5.02 Å². The van der Waals surface area contributed by atoms with Crippen LogP contribution in [0.3, 0.4) is 0 Å². The first kappa shape index (κ1) is 19.9. The summed E-state index contributed by atoms with van der Waals surface area (Å²) in [5.74, 6) is -0.243. The molecule has 144 valence electrons. The summed E-state index contributed by atoms with van der Waals surface area (Å²) in [6.07, 6.45) is 3.81. The molecule has 7 heteroatoms. The maximum absolute atomic E-state index is 12.7. The summed E-state index contributed by atoms with van der Waals surface area (Å²) in [4.78, 5) is 14.4. The third kappa shape index (κ3) is 5.09. The Morgan fingerprint density at radius 2 is 1.85 bits per heavy atom. The normalized spacial score (nSPS) is 15.0. The summed E-state index contributed by atoms with van der Waals surface area (Å²) in [5.41, 5.74) is 1.25. The summed E-state index contributed by atoms with van der Waals surface area (Å²) in [5, 5.41) is 0.611. The van der Waals surface area contributed by atoms with Gasteiger partial charge >= 0.3 is 0 Å². The third-order valence-electron chi connectivity index (χ3n) is 4.72. The lowest BCUT2D eigenvalue weighted by molar-refractivity contribution is 0.0785. The van der Waals surface area contributed by atoms with Gasteiger partial charge in [0.25, 0.3) is 5.91 Å². The summed E-state index contributed by atoms with van der Waals surface area (Å²) >= 11 is 5.99. The number of halogens is 1. The summed E-state index contributed by atoms with van der Waals surface area (Å²) < 4.78 is 28.0. The lowest BCUT2D eigenvalue weighted by Gasteiger charge is -2.18. The zero-order valence-electron chi connectivity index (χ0n) is 15.2. The molecule has 1 saturated carbocycles. The van der Waals surface area contributed by atoms with Crippen molar-refractivity contribution in [2.75, 3.05) is 7.05 Å². The number of hydrogen-bond acceptors (Lipinski definition) is 3. The number of nitrogens with zero attached hydrogens (tertiary/aromatic N) is 1. The Bertz CT molecular complexity index is 924. The summed E-state index contributed by atoms with van der Waals surface area (Å²) in [6.45, 7) is 0.386. The number of nitrogens with one attached hydrogen (secondary N) is 1. The van der Waals surface area contributed by atoms with Crippen LogP contribution in [0.4, 0.5) is 0 Å². The fourth-order valence-electron chi connectivity index (χ4n) is 3.33. The van der Waals surface area contributed by atoms with E-state index in [0.717, 1.165) is 31.2 Å². The van der Waals surface area contributed by atoms with Crippen molar-refractivity contribution in [3.63, 3.8) is 0 Å². The molecule has 5 nitrogen and oxygen atoms in total. The molecule has 27 heavy (non-hydrogen) atoms. The van der Waals surface area contributed by atoms with Crippen LogP contribution in [0.15, 0.2) is 53.4 Å². The van der Waals surface area contributed by atoms with Gasteiger partial charge < -0.3 is 4.90 Å². The van der Waals surface area contributed by atoms with Crippen molar-refractivity contribution in [2.24, 2.45) is 0 Å². The molecule has 0 radical (unpaired) electrons. The average molecular weight is 407 g/mol. The van der Waals surface area contributed by atoms with Crippen LogP contribution in [-0.4, -0.2) is 32.3 Å². The number of sulfonamides is 1. The minimum absolute atomic E-state index is 0.0140. The number of hydrogen-bond donors (Lipinski definition) is 1. The highest BCUT2D eigenvalue weighted by Crippen LogP contribution is 2.21. The van der Waals surface area contributed by atoms with E-state index in [2.05, 4.69) is 4.72 Å². The molecule has 2 aromatic rings. The number of carbonyl (C=O) groups excluding carboxylic acids is 1. The van der Waals surface area contributed by atoms with Crippen LogP contribution >= 0.6 is 11.6 Å². The minimum Gasteiger partial charge on any atom is -0.337 e. The van der Waals surface area contributed by atoms with E-state index in [1.165, 1.54) is 12.1 Å². The molecule has 0 spiro atoms. The highest BCUT2D eigenvalue weighted by molar-refractivity contribution is 7.89. The van der Waals surface area contributed by atoms with Gasteiger partial charge in [0.2, 0.25) is 10.0 Å². The summed E-state index contributed by atoms with van der Waals surface area (Å²) in [6, 6.07) is 13.5. The van der Waals surface area contributed by atoms with Gasteiger partial charge in [0, 0.05) is 30.2 Å². The van der Waals surface area contributed by atoms with Gasteiger partial charge in [-0.3, -0.25) is 4.79 Å². The fourth-order valence-corrected chi connectivity index (χ4v) is 4.89. The van der Waals surface area contributed by atoms with Gasteiger partial charge in [0.1, 0.15) is 0 Å². The van der Waals surface area contributed by atoms with Crippen LogP contribution in [0.5, 0.6) is 0 Å². The quantitative estimate of drug-likeness (QED) is 0.792. The second-order valence-electron chi connectivity index (χ2n) is 6.92. The largest absolute Gasteiger partial charge is 0.337 e. The van der Waals surface area contributed by atoms with Crippen LogP contribution in [0.25, 0.3) is 0 Å². The first-order valence-corrected chi connectivity index (χ1v) is 10.8. The molecule has 3 rings (SSSR count). The smallest absolute Gasteiger partial charge is 0.253 e. The zero-order chi connectivity index (χ0) is 19.4. The van der Waals surface area contributed by atoms with Gasteiger partial charge in [-0.25, -0.2) is 13.1 Å². The van der Waals surface area contributed by atoms with Crippen LogP contribution in [0.1, 0.15) is 41.6 Å². The number of benzene rings is 2. The summed E-state index contributed by atoms with van der Waals surface area (Å²) in [7, 11) is -1.95. The molecule has 0 bridgehead atoms. The van der Waals surface area contributed by atoms with Crippen LogP contribution < -0.4 is 4.72 Å². The van der Waals surface area contributed by atoms with E-state index in [1.807, 2.05) is 12.1 Å². The number of amides is 1. The van der Waals surface area contributed by atoms with Crippen LogP contribution in [0, 0.1) is 0 Å². The Morgan fingerprint density at radius 3 is 2.56 bits per heavy atom. The molecule has 1 N–H and O–H groups in total. The van der Waals surface area contributed by atoms with E-state index < -0.39 is 10.0 Å². The van der Waals surface area contributed by atoms with Crippen molar-refractivity contribution in [3.8, 4) is 0 Å². The van der Waals surface area contributed by atoms with E-state index in [-0.39, 0.29) is 16.8 Å². The van der Waals surface area contributed by atoms with Gasteiger partial charge in [0.15, 0.2) is 0 Å². The first-order valence-electron chi connectivity index (χ1n) is 8.97. The van der Waals surface area contributed by atoms with Crippen molar-refractivity contribution in [1.82, 2.24) is 9.62 Å². The predicted octanol–water partition coefficient (Wildman–Crippen LogP) is 3.83. The monoisotopic (exact) mass is 406 g/mol. The molecule has 1 amide bonds. The lowest BCUT2D eigenvalue weighted by atomic mass is 10.1. The van der Waals surface area contributed by atoms with E-state index in [0.29, 0.717) is 17.1 Å². The zero-order valence-corrected chi connectivity index (χ0v) is 16.8. The van der Waals surface area contributed by atoms with E-state index in [4.69, 9.17) is 11.6 Å². The van der Waals surface area contributed by atoms with Gasteiger partial charge in [-0.1, -0.05) is 42.6 Å². The number of rotatable bonds is 6. The second kappa shape index (κ2) is 8.42. The van der Waals surface area contributed by atoms with Crippen molar-refractivity contribution in [2.45, 2.75) is 43.2 Å². The maximum Gasteiger partial charge on any atom is 0.253 e.